The summed E-state index contributed by atoms with van der Waals surface area (Å²) < 4.78 is 1.98. The highest BCUT2D eigenvalue weighted by molar-refractivity contribution is 5.74. The molecule has 0 radical (unpaired) electrons. The molecule has 7 nitrogen and oxygen atoms in total. The lowest BCUT2D eigenvalue weighted by atomic mass is 9.89. The second kappa shape index (κ2) is 8.99. The van der Waals surface area contributed by atoms with Crippen molar-refractivity contribution in [2.75, 3.05) is 19.6 Å². The van der Waals surface area contributed by atoms with E-state index in [1.54, 1.807) is 6.20 Å². The molecule has 2 N–H and O–H groups in total. The van der Waals surface area contributed by atoms with Gasteiger partial charge in [-0.2, -0.15) is 5.10 Å². The van der Waals surface area contributed by atoms with E-state index in [9.17, 15) is 9.90 Å². The third-order valence-electron chi connectivity index (χ3n) is 5.19. The van der Waals surface area contributed by atoms with Crippen molar-refractivity contribution in [3.63, 3.8) is 0 Å². The highest BCUT2D eigenvalue weighted by atomic mass is 16.3. The van der Waals surface area contributed by atoms with E-state index in [1.165, 1.54) is 0 Å². The van der Waals surface area contributed by atoms with Gasteiger partial charge < -0.3 is 15.3 Å². The van der Waals surface area contributed by atoms with Gasteiger partial charge in [-0.05, 0) is 57.2 Å². The standard InChI is InChI=1S/C20H29N5O2/c1-15-14-16(2)25(23-15)11-5-10-22-20(27)24-12-7-17(8-13-24)19(26)18-6-3-4-9-21-18/h3-4,6,9,14,17,19,26H,5,7-8,10-13H2,1-2H3,(H,22,27)/t19-/m1/s1. The van der Waals surface area contributed by atoms with Gasteiger partial charge in [0.05, 0.1) is 17.5 Å². The van der Waals surface area contributed by atoms with Crippen LogP contribution in [0.2, 0.25) is 0 Å². The Kier molecular flexibility index (Phi) is 6.45. The molecule has 2 amide bonds. The molecule has 1 atom stereocenters. The van der Waals surface area contributed by atoms with Gasteiger partial charge >= 0.3 is 6.03 Å². The van der Waals surface area contributed by atoms with E-state index in [0.717, 1.165) is 37.2 Å². The first-order valence-electron chi connectivity index (χ1n) is 9.67. The lowest BCUT2D eigenvalue weighted by Crippen LogP contribution is -2.45. The Labute approximate surface area is 160 Å². The van der Waals surface area contributed by atoms with Gasteiger partial charge in [0, 0.05) is 38.1 Å². The summed E-state index contributed by atoms with van der Waals surface area (Å²) in [5, 5.41) is 17.9. The molecule has 2 aromatic rings. The number of pyridine rings is 1. The average molecular weight is 371 g/mol. The van der Waals surface area contributed by atoms with Gasteiger partial charge in [0.25, 0.3) is 0 Å². The molecule has 3 heterocycles. The van der Waals surface area contributed by atoms with E-state index in [2.05, 4.69) is 21.5 Å². The first kappa shape index (κ1) is 19.4. The summed E-state index contributed by atoms with van der Waals surface area (Å²) in [5.41, 5.74) is 2.88. The van der Waals surface area contributed by atoms with Crippen LogP contribution in [0.25, 0.3) is 0 Å². The van der Waals surface area contributed by atoms with Crippen molar-refractivity contribution in [2.24, 2.45) is 5.92 Å². The zero-order valence-corrected chi connectivity index (χ0v) is 16.1. The van der Waals surface area contributed by atoms with Crippen LogP contribution >= 0.6 is 0 Å². The molecule has 1 aliphatic rings. The number of aryl methyl sites for hydroxylation is 3. The number of aliphatic hydroxyl groups excluding tert-OH is 1. The number of nitrogens with zero attached hydrogens (tertiary/aromatic N) is 4. The summed E-state index contributed by atoms with van der Waals surface area (Å²) in [5.74, 6) is 0.148. The number of aliphatic hydroxyl groups is 1. The monoisotopic (exact) mass is 371 g/mol. The molecular weight excluding hydrogens is 342 g/mol. The molecule has 0 bridgehead atoms. The fourth-order valence-corrected chi connectivity index (χ4v) is 3.65. The number of amides is 2. The van der Waals surface area contributed by atoms with Crippen LogP contribution in [-0.4, -0.2) is 50.4 Å². The summed E-state index contributed by atoms with van der Waals surface area (Å²) in [4.78, 5) is 18.4. The van der Waals surface area contributed by atoms with Crippen molar-refractivity contribution in [3.8, 4) is 0 Å². The van der Waals surface area contributed by atoms with E-state index in [-0.39, 0.29) is 11.9 Å². The highest BCUT2D eigenvalue weighted by Crippen LogP contribution is 2.29. The second-order valence-corrected chi connectivity index (χ2v) is 7.26. The van der Waals surface area contributed by atoms with Gasteiger partial charge in [0.15, 0.2) is 0 Å². The lowest BCUT2D eigenvalue weighted by molar-refractivity contribution is 0.0636. The molecule has 0 aromatic carbocycles. The number of hydrogen-bond acceptors (Lipinski definition) is 4. The Balaban J connectivity index is 1.37. The van der Waals surface area contributed by atoms with Crippen molar-refractivity contribution in [2.45, 2.75) is 45.8 Å². The predicted octanol–water partition coefficient (Wildman–Crippen LogP) is 2.44. The number of piperidine rings is 1. The van der Waals surface area contributed by atoms with Gasteiger partial charge in [0.1, 0.15) is 0 Å². The van der Waals surface area contributed by atoms with E-state index in [0.29, 0.717) is 25.3 Å². The number of aromatic nitrogens is 3. The number of nitrogens with one attached hydrogen (secondary N) is 1. The van der Waals surface area contributed by atoms with Crippen LogP contribution in [0.15, 0.2) is 30.5 Å². The fraction of sp³-hybridized carbons (Fsp3) is 0.550. The van der Waals surface area contributed by atoms with Crippen LogP contribution in [-0.2, 0) is 6.54 Å². The first-order chi connectivity index (χ1) is 13.0. The molecule has 0 aliphatic carbocycles. The summed E-state index contributed by atoms with van der Waals surface area (Å²) in [6.07, 6.45) is 3.57. The maximum absolute atomic E-state index is 12.3. The quantitative estimate of drug-likeness (QED) is 0.764. The molecule has 1 fully saturated rings. The van der Waals surface area contributed by atoms with Gasteiger partial charge in [-0.25, -0.2) is 4.79 Å². The maximum atomic E-state index is 12.3. The van der Waals surface area contributed by atoms with Crippen molar-refractivity contribution in [1.82, 2.24) is 25.0 Å². The zero-order valence-electron chi connectivity index (χ0n) is 16.1. The molecule has 0 spiro atoms. The Morgan fingerprint density at radius 3 is 2.74 bits per heavy atom. The Morgan fingerprint density at radius 1 is 1.33 bits per heavy atom. The molecule has 0 unspecified atom stereocenters. The molecule has 1 saturated heterocycles. The number of hydrogen-bond donors (Lipinski definition) is 2. The number of urea groups is 1. The van der Waals surface area contributed by atoms with Crippen molar-refractivity contribution in [3.05, 3.63) is 47.5 Å². The molecule has 146 valence electrons. The summed E-state index contributed by atoms with van der Waals surface area (Å²) >= 11 is 0. The largest absolute Gasteiger partial charge is 0.387 e. The summed E-state index contributed by atoms with van der Waals surface area (Å²) in [6, 6.07) is 7.63. The number of rotatable bonds is 6. The minimum Gasteiger partial charge on any atom is -0.387 e. The van der Waals surface area contributed by atoms with Crippen molar-refractivity contribution >= 4 is 6.03 Å². The van der Waals surface area contributed by atoms with E-state index < -0.39 is 6.10 Å². The van der Waals surface area contributed by atoms with Crippen LogP contribution < -0.4 is 5.32 Å². The SMILES string of the molecule is Cc1cc(C)n(CCCNC(=O)N2CCC([C@@H](O)c3ccccn3)CC2)n1. The zero-order chi connectivity index (χ0) is 19.2. The maximum Gasteiger partial charge on any atom is 0.317 e. The number of likely N-dealkylation sites (tertiary alicyclic amines) is 1. The predicted molar refractivity (Wildman–Crippen MR) is 103 cm³/mol. The van der Waals surface area contributed by atoms with E-state index in [4.69, 9.17) is 0 Å². The average Bonchev–Trinajstić information content (AvgIpc) is 3.02. The first-order valence-corrected chi connectivity index (χ1v) is 9.67. The molecule has 0 saturated carbocycles. The Hall–Kier alpha value is -2.41. The van der Waals surface area contributed by atoms with Gasteiger partial charge in [-0.1, -0.05) is 6.07 Å². The smallest absolute Gasteiger partial charge is 0.317 e. The Morgan fingerprint density at radius 2 is 2.11 bits per heavy atom. The lowest BCUT2D eigenvalue weighted by Gasteiger charge is -2.34. The van der Waals surface area contributed by atoms with Gasteiger partial charge in [0.2, 0.25) is 0 Å². The normalized spacial score (nSPS) is 16.3. The summed E-state index contributed by atoms with van der Waals surface area (Å²) in [6.45, 7) is 6.80. The van der Waals surface area contributed by atoms with Crippen LogP contribution in [0.3, 0.4) is 0 Å². The number of carbonyl (C=O) groups is 1. The van der Waals surface area contributed by atoms with Crippen LogP contribution in [0, 0.1) is 19.8 Å². The third-order valence-corrected chi connectivity index (χ3v) is 5.19. The third kappa shape index (κ3) is 5.07. The molecular formula is C20H29N5O2. The van der Waals surface area contributed by atoms with E-state index in [1.807, 2.05) is 41.6 Å². The van der Waals surface area contributed by atoms with E-state index >= 15 is 0 Å². The minimum atomic E-state index is -0.558. The fourth-order valence-electron chi connectivity index (χ4n) is 3.65. The van der Waals surface area contributed by atoms with Crippen LogP contribution in [0.5, 0.6) is 0 Å². The highest BCUT2D eigenvalue weighted by Gasteiger charge is 2.28. The molecule has 27 heavy (non-hydrogen) atoms. The minimum absolute atomic E-state index is 0.0193. The van der Waals surface area contributed by atoms with Crippen molar-refractivity contribution < 1.29 is 9.90 Å². The molecule has 1 aliphatic heterocycles. The van der Waals surface area contributed by atoms with Crippen molar-refractivity contribution in [1.29, 1.82) is 0 Å². The molecule has 7 heteroatoms. The van der Waals surface area contributed by atoms with Gasteiger partial charge in [-0.15, -0.1) is 0 Å². The van der Waals surface area contributed by atoms with Crippen LogP contribution in [0.4, 0.5) is 4.79 Å². The number of carbonyl (C=O) groups excluding carboxylic acids is 1. The van der Waals surface area contributed by atoms with Gasteiger partial charge in [-0.3, -0.25) is 9.67 Å². The second-order valence-electron chi connectivity index (χ2n) is 7.26. The van der Waals surface area contributed by atoms with Crippen LogP contribution in [0.1, 0.15) is 42.4 Å². The molecule has 2 aromatic heterocycles. The molecule has 3 rings (SSSR count). The Bertz CT molecular complexity index is 738. The topological polar surface area (TPSA) is 83.3 Å². The summed E-state index contributed by atoms with van der Waals surface area (Å²) in [7, 11) is 0.